The molecular weight excluding hydrogens is 765 g/mol. The number of furan rings is 1. The number of hydrogen-bond donors (Lipinski definition) is 0. The van der Waals surface area contributed by atoms with Gasteiger partial charge in [0.1, 0.15) is 11.2 Å². The van der Waals surface area contributed by atoms with Gasteiger partial charge in [-0.15, -0.1) is 0 Å². The van der Waals surface area contributed by atoms with Crippen LogP contribution in [0.2, 0.25) is 0 Å². The molecule has 13 aromatic rings. The predicted octanol–water partition coefficient (Wildman–Crippen LogP) is 16.4. The Bertz CT molecular complexity index is 3890. The lowest BCUT2D eigenvalue weighted by Crippen LogP contribution is -1.94. The molecule has 0 atom stereocenters. The summed E-state index contributed by atoms with van der Waals surface area (Å²) in [6.45, 7) is 0. The van der Waals surface area contributed by atoms with Gasteiger partial charge in [0, 0.05) is 49.8 Å². The van der Waals surface area contributed by atoms with Crippen LogP contribution in [0.15, 0.2) is 235 Å². The summed E-state index contributed by atoms with van der Waals surface area (Å²) in [6, 6.07) is 83.3. The van der Waals surface area contributed by atoms with Crippen molar-refractivity contribution in [2.75, 3.05) is 0 Å². The minimum Gasteiger partial charge on any atom is -0.456 e. The SMILES string of the molecule is c1ccc(-c2ccc(-n3c4ccccc4c4cc(-c5ccc6c(c5)c5ccccc5n6-c5ccc6c(c5)oc5cccc(-c7cccc(-c8ccccc8)c7)c56)ccc43)cc2)cc1. The molecule has 3 nitrogen and oxygen atoms in total. The molecule has 0 saturated heterocycles. The van der Waals surface area contributed by atoms with E-state index in [0.29, 0.717) is 0 Å². The molecule has 3 heterocycles. The molecule has 3 heteroatoms. The number of rotatable bonds is 6. The first-order valence-electron chi connectivity index (χ1n) is 21.6. The van der Waals surface area contributed by atoms with Gasteiger partial charge < -0.3 is 13.6 Å². The van der Waals surface area contributed by atoms with Gasteiger partial charge >= 0.3 is 0 Å². The smallest absolute Gasteiger partial charge is 0.137 e. The zero-order valence-corrected chi connectivity index (χ0v) is 34.2. The van der Waals surface area contributed by atoms with E-state index in [2.05, 4.69) is 240 Å². The summed E-state index contributed by atoms with van der Waals surface area (Å²) < 4.78 is 11.4. The van der Waals surface area contributed by atoms with E-state index in [4.69, 9.17) is 4.42 Å². The van der Waals surface area contributed by atoms with E-state index in [-0.39, 0.29) is 0 Å². The van der Waals surface area contributed by atoms with E-state index in [0.717, 1.165) is 44.3 Å². The lowest BCUT2D eigenvalue weighted by molar-refractivity contribution is 0.668. The maximum Gasteiger partial charge on any atom is 0.137 e. The van der Waals surface area contributed by atoms with Crippen LogP contribution in [0.4, 0.5) is 0 Å². The third-order valence-corrected chi connectivity index (χ3v) is 12.9. The van der Waals surface area contributed by atoms with Crippen LogP contribution in [0.5, 0.6) is 0 Å². The van der Waals surface area contributed by atoms with Crippen molar-refractivity contribution in [1.29, 1.82) is 0 Å². The Labute approximate surface area is 363 Å². The topological polar surface area (TPSA) is 23.0 Å². The molecule has 0 spiro atoms. The number of benzene rings is 10. The summed E-state index contributed by atoms with van der Waals surface area (Å²) in [4.78, 5) is 0. The quantitative estimate of drug-likeness (QED) is 0.164. The third kappa shape index (κ3) is 5.67. The van der Waals surface area contributed by atoms with Crippen LogP contribution in [0.25, 0.3) is 121 Å². The van der Waals surface area contributed by atoms with E-state index >= 15 is 0 Å². The highest BCUT2D eigenvalue weighted by Gasteiger charge is 2.19. The number of nitrogens with zero attached hydrogens (tertiary/aromatic N) is 2. The molecular formula is C60H38N2O. The van der Waals surface area contributed by atoms with Crippen molar-refractivity contribution in [3.8, 4) is 55.9 Å². The zero-order valence-electron chi connectivity index (χ0n) is 34.2. The largest absolute Gasteiger partial charge is 0.456 e. The first kappa shape index (κ1) is 35.4. The molecule has 0 aliphatic heterocycles. The summed E-state index contributed by atoms with van der Waals surface area (Å²) in [5.41, 5.74) is 18.2. The fourth-order valence-electron chi connectivity index (χ4n) is 9.99. The molecule has 294 valence electrons. The molecule has 0 unspecified atom stereocenters. The van der Waals surface area contributed by atoms with Gasteiger partial charge in [-0.25, -0.2) is 0 Å². The van der Waals surface area contributed by atoms with Gasteiger partial charge in [0.05, 0.1) is 22.1 Å². The van der Waals surface area contributed by atoms with E-state index in [9.17, 15) is 0 Å². The first-order valence-corrected chi connectivity index (χ1v) is 21.6. The normalized spacial score (nSPS) is 11.8. The number of hydrogen-bond acceptors (Lipinski definition) is 1. The molecule has 10 aromatic carbocycles. The highest BCUT2D eigenvalue weighted by Crippen LogP contribution is 2.42. The van der Waals surface area contributed by atoms with Crippen molar-refractivity contribution in [1.82, 2.24) is 9.13 Å². The van der Waals surface area contributed by atoms with Crippen LogP contribution >= 0.6 is 0 Å². The van der Waals surface area contributed by atoms with E-state index < -0.39 is 0 Å². The minimum atomic E-state index is 0.872. The minimum absolute atomic E-state index is 0.872. The molecule has 13 rings (SSSR count). The molecule has 0 amide bonds. The van der Waals surface area contributed by atoms with E-state index in [1.54, 1.807) is 0 Å². The van der Waals surface area contributed by atoms with Gasteiger partial charge in [-0.1, -0.05) is 152 Å². The molecule has 0 saturated carbocycles. The third-order valence-electron chi connectivity index (χ3n) is 12.9. The highest BCUT2D eigenvalue weighted by molar-refractivity contribution is 6.15. The Morgan fingerprint density at radius 3 is 1.40 bits per heavy atom. The Morgan fingerprint density at radius 2 is 0.730 bits per heavy atom. The van der Waals surface area contributed by atoms with Crippen LogP contribution in [0.1, 0.15) is 0 Å². The van der Waals surface area contributed by atoms with Crippen molar-refractivity contribution in [2.24, 2.45) is 0 Å². The zero-order chi connectivity index (χ0) is 41.4. The lowest BCUT2D eigenvalue weighted by atomic mass is 9.96. The maximum absolute atomic E-state index is 6.67. The van der Waals surface area contributed by atoms with Crippen molar-refractivity contribution >= 4 is 65.6 Å². The number of para-hydroxylation sites is 2. The number of aromatic nitrogens is 2. The molecule has 3 aromatic heterocycles. The monoisotopic (exact) mass is 802 g/mol. The average molecular weight is 803 g/mol. The summed E-state index contributed by atoms with van der Waals surface area (Å²) in [5, 5.41) is 7.17. The molecule has 0 aliphatic carbocycles. The van der Waals surface area contributed by atoms with E-state index in [1.165, 1.54) is 77.1 Å². The summed E-state index contributed by atoms with van der Waals surface area (Å²) in [5.74, 6) is 0. The Hall–Kier alpha value is -8.40. The van der Waals surface area contributed by atoms with Crippen molar-refractivity contribution in [3.63, 3.8) is 0 Å². The first-order chi connectivity index (χ1) is 31.2. The van der Waals surface area contributed by atoms with Gasteiger partial charge in [0.25, 0.3) is 0 Å². The Kier molecular flexibility index (Phi) is 7.91. The molecule has 0 aliphatic rings. The molecule has 0 bridgehead atoms. The van der Waals surface area contributed by atoms with Crippen LogP contribution in [-0.4, -0.2) is 9.13 Å². The second kappa shape index (κ2) is 14.1. The molecule has 63 heavy (non-hydrogen) atoms. The fourth-order valence-corrected chi connectivity index (χ4v) is 9.99. The van der Waals surface area contributed by atoms with Crippen LogP contribution in [0.3, 0.4) is 0 Å². The van der Waals surface area contributed by atoms with Crippen molar-refractivity contribution in [2.45, 2.75) is 0 Å². The maximum atomic E-state index is 6.67. The predicted molar refractivity (Wildman–Crippen MR) is 264 cm³/mol. The summed E-state index contributed by atoms with van der Waals surface area (Å²) in [7, 11) is 0. The van der Waals surface area contributed by atoms with Gasteiger partial charge in [0.2, 0.25) is 0 Å². The molecule has 0 fully saturated rings. The van der Waals surface area contributed by atoms with Gasteiger partial charge in [0.15, 0.2) is 0 Å². The van der Waals surface area contributed by atoms with Crippen LogP contribution < -0.4 is 0 Å². The number of fused-ring (bicyclic) bond motifs is 9. The second-order valence-electron chi connectivity index (χ2n) is 16.5. The highest BCUT2D eigenvalue weighted by atomic mass is 16.3. The van der Waals surface area contributed by atoms with Crippen LogP contribution in [0, 0.1) is 0 Å². The Morgan fingerprint density at radius 1 is 0.254 bits per heavy atom. The lowest BCUT2D eigenvalue weighted by Gasteiger charge is -2.10. The van der Waals surface area contributed by atoms with Gasteiger partial charge in [-0.2, -0.15) is 0 Å². The molecule has 0 N–H and O–H groups in total. The Balaban J connectivity index is 0.906. The van der Waals surface area contributed by atoms with Crippen molar-refractivity contribution < 1.29 is 4.42 Å². The summed E-state index contributed by atoms with van der Waals surface area (Å²) in [6.07, 6.45) is 0. The molecule has 0 radical (unpaired) electrons. The standard InChI is InChI=1S/C60H38N2O/c1-3-13-39(14-4-1)41-25-29-46(30-26-41)61-54-22-9-7-19-49(54)52-36-43(27-33-56(52)61)44-28-34-57-53(37-44)50-20-8-10-23-55(50)62(57)47-31-32-51-59(38-47)63-58-24-12-21-48(60(51)58)45-18-11-17-42(35-45)40-15-5-2-6-16-40/h1-38H. The average Bonchev–Trinajstić information content (AvgIpc) is 4.01. The van der Waals surface area contributed by atoms with Crippen LogP contribution in [-0.2, 0) is 0 Å². The second-order valence-corrected chi connectivity index (χ2v) is 16.5. The summed E-state index contributed by atoms with van der Waals surface area (Å²) >= 11 is 0. The van der Waals surface area contributed by atoms with Gasteiger partial charge in [-0.05, 0) is 117 Å². The van der Waals surface area contributed by atoms with Gasteiger partial charge in [-0.3, -0.25) is 0 Å². The van der Waals surface area contributed by atoms with Crippen molar-refractivity contribution in [3.05, 3.63) is 231 Å². The van der Waals surface area contributed by atoms with E-state index in [1.807, 2.05) is 0 Å². The fraction of sp³-hybridized carbons (Fsp3) is 0.